The molecule has 0 aromatic rings. The fourth-order valence-corrected chi connectivity index (χ4v) is 4.19. The molecule has 3 aliphatic heterocycles. The summed E-state index contributed by atoms with van der Waals surface area (Å²) in [4.78, 5) is 35.8. The number of hydrogen-bond donors (Lipinski definition) is 0. The van der Waals surface area contributed by atoms with Crippen molar-refractivity contribution in [1.29, 1.82) is 0 Å². The molecular formula is C17H20O7. The fraction of sp³-hybridized carbons (Fsp3) is 0.706. The maximum Gasteiger partial charge on any atom is 0.338 e. The quantitative estimate of drug-likeness (QED) is 0.399. The Balaban J connectivity index is 1.72. The van der Waals surface area contributed by atoms with Gasteiger partial charge in [-0.15, -0.1) is 0 Å². The standard InChI is InChI=1S/C17H20O7/c1-7-14-11-4-9(16(20)22-11)10(21-8(2)18)5-13-17(3,24-13)6-12(14)23-15(7)19/h4,7,10-14H,5-6H2,1-3H3/t7-,10+,11+,12-,13-,14+,17+/m0/s1. The van der Waals surface area contributed by atoms with E-state index in [9.17, 15) is 14.4 Å². The summed E-state index contributed by atoms with van der Waals surface area (Å²) < 4.78 is 22.2. The van der Waals surface area contributed by atoms with Gasteiger partial charge in [0, 0.05) is 25.7 Å². The molecule has 0 unspecified atom stereocenters. The zero-order valence-corrected chi connectivity index (χ0v) is 13.8. The zero-order valence-electron chi connectivity index (χ0n) is 13.8. The monoisotopic (exact) mass is 336 g/mol. The Morgan fingerprint density at radius 3 is 2.79 bits per heavy atom. The summed E-state index contributed by atoms with van der Waals surface area (Å²) in [5, 5.41) is 0. The largest absolute Gasteiger partial charge is 0.462 e. The lowest BCUT2D eigenvalue weighted by Gasteiger charge is -2.25. The summed E-state index contributed by atoms with van der Waals surface area (Å²) in [6, 6.07) is 0. The molecule has 7 heteroatoms. The molecule has 0 aromatic heterocycles. The van der Waals surface area contributed by atoms with Crippen molar-refractivity contribution < 1.29 is 33.3 Å². The van der Waals surface area contributed by atoms with Crippen molar-refractivity contribution in [1.82, 2.24) is 0 Å². The lowest BCUT2D eigenvalue weighted by Crippen LogP contribution is -2.35. The lowest BCUT2D eigenvalue weighted by molar-refractivity contribution is -0.148. The molecule has 3 heterocycles. The molecule has 0 amide bonds. The Kier molecular flexibility index (Phi) is 3.29. The molecule has 1 aliphatic carbocycles. The van der Waals surface area contributed by atoms with Gasteiger partial charge >= 0.3 is 17.9 Å². The van der Waals surface area contributed by atoms with Crippen molar-refractivity contribution in [3.63, 3.8) is 0 Å². The van der Waals surface area contributed by atoms with E-state index in [1.165, 1.54) is 6.92 Å². The number of esters is 3. The van der Waals surface area contributed by atoms with Crippen LogP contribution in [0.1, 0.15) is 33.6 Å². The first kappa shape index (κ1) is 15.6. The SMILES string of the molecule is CC(=O)O[C@@H]1C[C@@H]2O[C@]2(C)C[C@@H]2OC(=O)[C@@H](C)[C@@H]2[C@H]2C=C1C(=O)O2. The number of epoxide rings is 1. The molecule has 4 rings (SSSR count). The molecule has 2 saturated heterocycles. The van der Waals surface area contributed by atoms with E-state index in [4.69, 9.17) is 18.9 Å². The number of rotatable bonds is 1. The van der Waals surface area contributed by atoms with Crippen LogP contribution in [0.25, 0.3) is 0 Å². The van der Waals surface area contributed by atoms with Gasteiger partial charge in [0.25, 0.3) is 0 Å². The molecule has 0 aromatic carbocycles. The summed E-state index contributed by atoms with van der Waals surface area (Å²) in [6.07, 6.45) is 0.904. The van der Waals surface area contributed by atoms with Gasteiger partial charge < -0.3 is 18.9 Å². The van der Waals surface area contributed by atoms with E-state index in [1.807, 2.05) is 6.92 Å². The second-order valence-corrected chi connectivity index (χ2v) is 7.29. The summed E-state index contributed by atoms with van der Waals surface area (Å²) in [5.41, 5.74) is -0.105. The molecule has 7 nitrogen and oxygen atoms in total. The molecule has 2 fully saturated rings. The highest BCUT2D eigenvalue weighted by Crippen LogP contribution is 2.50. The smallest absolute Gasteiger partial charge is 0.338 e. The van der Waals surface area contributed by atoms with E-state index >= 15 is 0 Å². The first-order valence-electron chi connectivity index (χ1n) is 8.27. The van der Waals surface area contributed by atoms with Gasteiger partial charge in [0.1, 0.15) is 18.3 Å². The summed E-state index contributed by atoms with van der Waals surface area (Å²) in [7, 11) is 0. The van der Waals surface area contributed by atoms with Gasteiger partial charge in [-0.2, -0.15) is 0 Å². The highest BCUT2D eigenvalue weighted by Gasteiger charge is 2.60. The van der Waals surface area contributed by atoms with Gasteiger partial charge in [-0.05, 0) is 13.0 Å². The maximum atomic E-state index is 12.3. The van der Waals surface area contributed by atoms with Crippen molar-refractivity contribution in [2.75, 3.05) is 0 Å². The average molecular weight is 336 g/mol. The van der Waals surface area contributed by atoms with Crippen LogP contribution in [0.2, 0.25) is 0 Å². The first-order chi connectivity index (χ1) is 11.3. The molecule has 0 radical (unpaired) electrons. The predicted octanol–water partition coefficient (Wildman–Crippen LogP) is 0.899. The Morgan fingerprint density at radius 2 is 2.08 bits per heavy atom. The minimum Gasteiger partial charge on any atom is -0.462 e. The Hall–Kier alpha value is -1.89. The third-order valence-corrected chi connectivity index (χ3v) is 5.57. The average Bonchev–Trinajstić information content (AvgIpc) is 2.80. The number of fused-ring (bicyclic) bond motifs is 4. The molecule has 130 valence electrons. The van der Waals surface area contributed by atoms with Crippen LogP contribution in [0, 0.1) is 11.8 Å². The molecule has 4 aliphatic rings. The topological polar surface area (TPSA) is 91.4 Å². The molecule has 0 saturated carbocycles. The van der Waals surface area contributed by atoms with Crippen LogP contribution in [0.5, 0.6) is 0 Å². The highest BCUT2D eigenvalue weighted by atomic mass is 16.6. The van der Waals surface area contributed by atoms with Gasteiger partial charge in [0.05, 0.1) is 23.2 Å². The summed E-state index contributed by atoms with van der Waals surface area (Å²) in [5.74, 6) is -1.85. The van der Waals surface area contributed by atoms with E-state index in [-0.39, 0.29) is 30.0 Å². The number of hydrogen-bond acceptors (Lipinski definition) is 7. The third-order valence-electron chi connectivity index (χ3n) is 5.57. The van der Waals surface area contributed by atoms with Crippen LogP contribution in [-0.4, -0.2) is 47.9 Å². The third kappa shape index (κ3) is 2.33. The van der Waals surface area contributed by atoms with Crippen LogP contribution in [0.15, 0.2) is 11.6 Å². The van der Waals surface area contributed by atoms with Crippen molar-refractivity contribution in [2.24, 2.45) is 11.8 Å². The van der Waals surface area contributed by atoms with Crippen molar-refractivity contribution >= 4 is 17.9 Å². The molecule has 0 N–H and O–H groups in total. The second-order valence-electron chi connectivity index (χ2n) is 7.29. The maximum absolute atomic E-state index is 12.3. The lowest BCUT2D eigenvalue weighted by atomic mass is 9.81. The van der Waals surface area contributed by atoms with E-state index in [0.717, 1.165) is 0 Å². The van der Waals surface area contributed by atoms with Gasteiger partial charge in [0.15, 0.2) is 0 Å². The van der Waals surface area contributed by atoms with Crippen molar-refractivity contribution in [3.05, 3.63) is 11.6 Å². The van der Waals surface area contributed by atoms with Crippen LogP contribution in [0.3, 0.4) is 0 Å². The van der Waals surface area contributed by atoms with E-state index < -0.39 is 29.7 Å². The first-order valence-corrected chi connectivity index (χ1v) is 8.27. The molecule has 2 bridgehead atoms. The summed E-state index contributed by atoms with van der Waals surface area (Å²) in [6.45, 7) is 5.05. The highest BCUT2D eigenvalue weighted by molar-refractivity contribution is 5.92. The normalized spacial score (nSPS) is 46.2. The predicted molar refractivity (Wildman–Crippen MR) is 78.6 cm³/mol. The minimum atomic E-state index is -0.684. The number of carbonyl (C=O) groups excluding carboxylic acids is 3. The molecule has 7 atom stereocenters. The van der Waals surface area contributed by atoms with E-state index in [0.29, 0.717) is 18.4 Å². The van der Waals surface area contributed by atoms with Crippen LogP contribution >= 0.6 is 0 Å². The van der Waals surface area contributed by atoms with E-state index in [1.54, 1.807) is 13.0 Å². The molecule has 24 heavy (non-hydrogen) atoms. The summed E-state index contributed by atoms with van der Waals surface area (Å²) >= 11 is 0. The van der Waals surface area contributed by atoms with Gasteiger partial charge in [0.2, 0.25) is 0 Å². The van der Waals surface area contributed by atoms with Crippen molar-refractivity contribution in [3.8, 4) is 0 Å². The number of carbonyl (C=O) groups is 3. The van der Waals surface area contributed by atoms with Gasteiger partial charge in [-0.25, -0.2) is 4.79 Å². The van der Waals surface area contributed by atoms with Gasteiger partial charge in [-0.3, -0.25) is 9.59 Å². The van der Waals surface area contributed by atoms with Crippen molar-refractivity contribution in [2.45, 2.75) is 63.6 Å². The van der Waals surface area contributed by atoms with E-state index in [2.05, 4.69) is 0 Å². The van der Waals surface area contributed by atoms with Crippen LogP contribution in [-0.2, 0) is 33.3 Å². The fourth-order valence-electron chi connectivity index (χ4n) is 4.19. The van der Waals surface area contributed by atoms with Crippen LogP contribution in [0.4, 0.5) is 0 Å². The molecule has 0 spiro atoms. The number of ether oxygens (including phenoxy) is 4. The van der Waals surface area contributed by atoms with Gasteiger partial charge in [-0.1, -0.05) is 6.92 Å². The Morgan fingerprint density at radius 1 is 1.33 bits per heavy atom. The second kappa shape index (κ2) is 5.05. The zero-order chi connectivity index (χ0) is 17.2. The Labute approximate surface area is 139 Å². The van der Waals surface area contributed by atoms with Crippen LogP contribution < -0.4 is 0 Å². The molecular weight excluding hydrogens is 316 g/mol. The Bertz CT molecular complexity index is 653. The minimum absolute atomic E-state index is 0.150.